The van der Waals surface area contributed by atoms with Crippen LogP contribution in [0.4, 0.5) is 0 Å². The van der Waals surface area contributed by atoms with Crippen LogP contribution < -0.4 is 0 Å². The van der Waals surface area contributed by atoms with Gasteiger partial charge in [0.25, 0.3) is 6.04 Å². The SMILES string of the molecule is CC1(C)CC(C)(C)C2=C1C=C1N=NC=C1[C@H]2[N+](=O)[O-]. The summed E-state index contributed by atoms with van der Waals surface area (Å²) in [6, 6.07) is -0.790. The second-order valence-corrected chi connectivity index (χ2v) is 6.79. The topological polar surface area (TPSA) is 67.9 Å². The molecule has 5 heteroatoms. The van der Waals surface area contributed by atoms with Crippen LogP contribution in [-0.2, 0) is 0 Å². The Kier molecular flexibility index (Phi) is 2.20. The van der Waals surface area contributed by atoms with Gasteiger partial charge >= 0.3 is 0 Å². The zero-order valence-electron chi connectivity index (χ0n) is 11.6. The van der Waals surface area contributed by atoms with Crippen molar-refractivity contribution in [2.45, 2.75) is 40.2 Å². The third kappa shape index (κ3) is 1.54. The number of azo groups is 1. The van der Waals surface area contributed by atoms with Crippen LogP contribution in [0.2, 0.25) is 0 Å². The minimum absolute atomic E-state index is 0.0519. The largest absolute Gasteiger partial charge is 0.264 e. The van der Waals surface area contributed by atoms with Crippen LogP contribution in [0.15, 0.2) is 44.9 Å². The summed E-state index contributed by atoms with van der Waals surface area (Å²) in [5.41, 5.74) is 3.09. The maximum Gasteiger partial charge on any atom is 0.264 e. The van der Waals surface area contributed by atoms with Gasteiger partial charge in [0.2, 0.25) is 0 Å². The molecule has 0 spiro atoms. The Morgan fingerprint density at radius 3 is 2.63 bits per heavy atom. The lowest BCUT2D eigenvalue weighted by molar-refractivity contribution is -0.503. The van der Waals surface area contributed by atoms with Crippen molar-refractivity contribution in [2.24, 2.45) is 21.1 Å². The number of allylic oxidation sites excluding steroid dienone is 2. The maximum atomic E-state index is 11.6. The van der Waals surface area contributed by atoms with Crippen LogP contribution in [0.1, 0.15) is 34.1 Å². The monoisotopic (exact) mass is 259 g/mol. The van der Waals surface area contributed by atoms with Crippen molar-refractivity contribution in [1.29, 1.82) is 0 Å². The highest BCUT2D eigenvalue weighted by atomic mass is 16.6. The van der Waals surface area contributed by atoms with E-state index in [4.69, 9.17) is 0 Å². The van der Waals surface area contributed by atoms with Crippen LogP contribution in [0.25, 0.3) is 0 Å². The van der Waals surface area contributed by atoms with E-state index in [-0.39, 0.29) is 15.8 Å². The molecule has 1 aliphatic heterocycles. The van der Waals surface area contributed by atoms with Crippen molar-refractivity contribution < 1.29 is 4.92 Å². The molecule has 0 N–H and O–H groups in total. The van der Waals surface area contributed by atoms with E-state index in [2.05, 4.69) is 37.9 Å². The highest BCUT2D eigenvalue weighted by Crippen LogP contribution is 2.58. The molecular formula is C14H17N3O2. The van der Waals surface area contributed by atoms with Gasteiger partial charge in [-0.3, -0.25) is 10.1 Å². The molecule has 1 heterocycles. The first kappa shape index (κ1) is 12.3. The number of nitrogens with zero attached hydrogens (tertiary/aromatic N) is 3. The van der Waals surface area contributed by atoms with Gasteiger partial charge in [0.15, 0.2) is 0 Å². The van der Waals surface area contributed by atoms with Crippen molar-refractivity contribution in [2.75, 3.05) is 0 Å². The van der Waals surface area contributed by atoms with Crippen LogP contribution in [-0.4, -0.2) is 11.0 Å². The van der Waals surface area contributed by atoms with E-state index in [1.54, 1.807) is 0 Å². The van der Waals surface area contributed by atoms with E-state index in [1.807, 2.05) is 6.08 Å². The first-order valence-electron chi connectivity index (χ1n) is 6.46. The summed E-state index contributed by atoms with van der Waals surface area (Å²) >= 11 is 0. The van der Waals surface area contributed by atoms with Gasteiger partial charge in [0, 0.05) is 10.5 Å². The lowest BCUT2D eigenvalue weighted by Gasteiger charge is -2.27. The van der Waals surface area contributed by atoms with Crippen molar-refractivity contribution in [3.05, 3.63) is 44.8 Å². The molecule has 0 fully saturated rings. The van der Waals surface area contributed by atoms with E-state index in [1.165, 1.54) is 6.20 Å². The fraction of sp³-hybridized carbons (Fsp3) is 0.571. The smallest absolute Gasteiger partial charge is 0.264 e. The maximum absolute atomic E-state index is 11.6. The Labute approximate surface area is 111 Å². The summed E-state index contributed by atoms with van der Waals surface area (Å²) in [5, 5.41) is 19.4. The summed E-state index contributed by atoms with van der Waals surface area (Å²) in [7, 11) is 0. The first-order chi connectivity index (χ1) is 8.74. The molecule has 1 atom stereocenters. The van der Waals surface area contributed by atoms with Crippen molar-refractivity contribution in [1.82, 2.24) is 0 Å². The number of rotatable bonds is 1. The zero-order valence-corrected chi connectivity index (χ0v) is 11.6. The predicted molar refractivity (Wildman–Crippen MR) is 71.0 cm³/mol. The average molecular weight is 259 g/mol. The molecule has 100 valence electrons. The second kappa shape index (κ2) is 3.40. The molecule has 0 aromatic rings. The summed E-state index contributed by atoms with van der Waals surface area (Å²) in [6.07, 6.45) is 4.44. The Bertz CT molecular complexity index is 606. The summed E-state index contributed by atoms with van der Waals surface area (Å²) in [5.74, 6) is 0. The predicted octanol–water partition coefficient (Wildman–Crippen LogP) is 3.63. The van der Waals surface area contributed by atoms with Gasteiger partial charge in [-0.2, -0.15) is 10.2 Å². The summed E-state index contributed by atoms with van der Waals surface area (Å²) < 4.78 is 0. The van der Waals surface area contributed by atoms with Crippen molar-refractivity contribution in [3.63, 3.8) is 0 Å². The fourth-order valence-corrected chi connectivity index (χ4v) is 3.93. The number of fused-ring (bicyclic) bond motifs is 1. The minimum atomic E-state index is -0.790. The average Bonchev–Trinajstić information content (AvgIpc) is 2.77. The van der Waals surface area contributed by atoms with Crippen molar-refractivity contribution >= 4 is 0 Å². The van der Waals surface area contributed by atoms with Crippen LogP contribution >= 0.6 is 0 Å². The Hall–Kier alpha value is -1.78. The molecule has 19 heavy (non-hydrogen) atoms. The molecule has 0 saturated carbocycles. The fourth-order valence-electron chi connectivity index (χ4n) is 3.93. The van der Waals surface area contributed by atoms with Gasteiger partial charge < -0.3 is 0 Å². The van der Waals surface area contributed by atoms with E-state index in [9.17, 15) is 10.1 Å². The lowest BCUT2D eigenvalue weighted by atomic mass is 9.77. The Morgan fingerprint density at radius 2 is 2.00 bits per heavy atom. The quantitative estimate of drug-likeness (QED) is 0.533. The zero-order chi connectivity index (χ0) is 14.0. The molecule has 0 amide bonds. The molecule has 0 aromatic heterocycles. The molecule has 3 aliphatic rings. The molecule has 2 aliphatic carbocycles. The first-order valence-corrected chi connectivity index (χ1v) is 6.46. The van der Waals surface area contributed by atoms with Gasteiger partial charge in [0.1, 0.15) is 0 Å². The molecule has 0 radical (unpaired) electrons. The van der Waals surface area contributed by atoms with E-state index in [0.717, 1.165) is 17.6 Å². The molecule has 0 bridgehead atoms. The van der Waals surface area contributed by atoms with Crippen LogP contribution in [0.3, 0.4) is 0 Å². The van der Waals surface area contributed by atoms with Crippen LogP contribution in [0, 0.1) is 20.9 Å². The standard InChI is InChI=1S/C14H17N3O2/c1-13(2)7-14(3,4)11-9(13)5-10-8(6-15-16-10)12(11)17(18)19/h5-6,12H,7H2,1-4H3/t12-/m1/s1. The molecule has 0 unspecified atom stereocenters. The molecule has 0 aromatic carbocycles. The summed E-state index contributed by atoms with van der Waals surface area (Å²) in [4.78, 5) is 11.4. The van der Waals surface area contributed by atoms with Gasteiger partial charge in [-0.1, -0.05) is 27.7 Å². The summed E-state index contributed by atoms with van der Waals surface area (Å²) in [6.45, 7) is 8.48. The highest BCUT2D eigenvalue weighted by molar-refractivity contribution is 5.57. The van der Waals surface area contributed by atoms with Gasteiger partial charge in [-0.25, -0.2) is 0 Å². The molecular weight excluding hydrogens is 242 g/mol. The van der Waals surface area contributed by atoms with E-state index in [0.29, 0.717) is 11.3 Å². The Morgan fingerprint density at radius 1 is 1.32 bits per heavy atom. The molecule has 0 saturated heterocycles. The van der Waals surface area contributed by atoms with Gasteiger partial charge in [-0.05, 0) is 28.9 Å². The minimum Gasteiger partial charge on any atom is -0.264 e. The highest BCUT2D eigenvalue weighted by Gasteiger charge is 2.53. The van der Waals surface area contributed by atoms with Gasteiger partial charge in [0.05, 0.1) is 17.5 Å². The number of nitro groups is 1. The Balaban J connectivity index is 2.27. The number of hydrogen-bond acceptors (Lipinski definition) is 4. The van der Waals surface area contributed by atoms with Gasteiger partial charge in [-0.15, -0.1) is 0 Å². The van der Waals surface area contributed by atoms with Crippen LogP contribution in [0.5, 0.6) is 0 Å². The van der Waals surface area contributed by atoms with Crippen molar-refractivity contribution in [3.8, 4) is 0 Å². The lowest BCUT2D eigenvalue weighted by Crippen LogP contribution is -2.32. The number of hydrogen-bond donors (Lipinski definition) is 0. The third-order valence-corrected chi connectivity index (χ3v) is 4.35. The third-order valence-electron chi connectivity index (χ3n) is 4.35. The normalized spacial score (nSPS) is 29.8. The second-order valence-electron chi connectivity index (χ2n) is 6.79. The molecule has 5 nitrogen and oxygen atoms in total. The van der Waals surface area contributed by atoms with E-state index < -0.39 is 6.04 Å². The molecule has 3 rings (SSSR count). The van der Waals surface area contributed by atoms with E-state index >= 15 is 0 Å².